The van der Waals surface area contributed by atoms with Gasteiger partial charge >= 0.3 is 0 Å². The lowest BCUT2D eigenvalue weighted by Crippen LogP contribution is -2.30. The van der Waals surface area contributed by atoms with Crippen LogP contribution in [-0.2, 0) is 23.6 Å². The molecule has 1 atom stereocenters. The highest BCUT2D eigenvalue weighted by Gasteiger charge is 2.15. The van der Waals surface area contributed by atoms with Crippen LogP contribution in [-0.4, -0.2) is 31.4 Å². The van der Waals surface area contributed by atoms with Crippen LogP contribution in [0.5, 0.6) is 0 Å². The maximum atomic E-state index is 12.2. The highest BCUT2D eigenvalue weighted by Crippen LogP contribution is 2.17. The number of carbonyl (C=O) groups excluding carboxylic acids is 1. The van der Waals surface area contributed by atoms with E-state index in [-0.39, 0.29) is 11.2 Å². The molecule has 0 aliphatic rings. The minimum atomic E-state index is -0.190. The lowest BCUT2D eigenvalue weighted by atomic mass is 10.2. The number of rotatable bonds is 8. The molecule has 0 fully saturated rings. The smallest absolute Gasteiger partial charge is 0.233 e. The van der Waals surface area contributed by atoms with Crippen molar-refractivity contribution in [3.05, 3.63) is 40.7 Å². The van der Waals surface area contributed by atoms with E-state index in [1.54, 1.807) is 4.68 Å². The van der Waals surface area contributed by atoms with Gasteiger partial charge in [0.25, 0.3) is 0 Å². The molecule has 0 spiro atoms. The van der Waals surface area contributed by atoms with Crippen molar-refractivity contribution in [1.29, 1.82) is 0 Å². The van der Waals surface area contributed by atoms with Crippen molar-refractivity contribution in [3.8, 4) is 0 Å². The largest absolute Gasteiger partial charge is 0.351 e. The van der Waals surface area contributed by atoms with Crippen molar-refractivity contribution >= 4 is 29.3 Å². The van der Waals surface area contributed by atoms with E-state index in [9.17, 15) is 4.79 Å². The van der Waals surface area contributed by atoms with Crippen LogP contribution in [0.25, 0.3) is 0 Å². The number of nitrogens with zero attached hydrogens (tertiary/aromatic N) is 4. The van der Waals surface area contributed by atoms with E-state index in [2.05, 4.69) is 27.8 Å². The third-order valence-electron chi connectivity index (χ3n) is 3.28. The second kappa shape index (κ2) is 8.88. The predicted octanol–water partition coefficient (Wildman–Crippen LogP) is 2.67. The van der Waals surface area contributed by atoms with Crippen LogP contribution in [0.15, 0.2) is 24.3 Å². The monoisotopic (exact) mass is 353 g/mol. The van der Waals surface area contributed by atoms with Gasteiger partial charge in [-0.3, -0.25) is 4.79 Å². The summed E-state index contributed by atoms with van der Waals surface area (Å²) in [6.07, 6.45) is 0.969. The van der Waals surface area contributed by atoms with Crippen LogP contribution in [0.2, 0.25) is 5.02 Å². The zero-order valence-corrected chi connectivity index (χ0v) is 14.8. The van der Waals surface area contributed by atoms with Crippen LogP contribution in [0, 0.1) is 0 Å². The maximum absolute atomic E-state index is 12.2. The quantitative estimate of drug-likeness (QED) is 0.789. The van der Waals surface area contributed by atoms with Gasteiger partial charge in [-0.05, 0) is 35.4 Å². The SMILES string of the molecule is CCCn1nnnc1CSC(C)C(=O)NCc1ccccc1Cl. The van der Waals surface area contributed by atoms with Gasteiger partial charge in [-0.15, -0.1) is 16.9 Å². The van der Waals surface area contributed by atoms with E-state index in [1.165, 1.54) is 11.8 Å². The first-order valence-electron chi connectivity index (χ1n) is 7.49. The van der Waals surface area contributed by atoms with Gasteiger partial charge in [-0.2, -0.15) is 0 Å². The molecule has 1 amide bonds. The van der Waals surface area contributed by atoms with E-state index < -0.39 is 0 Å². The summed E-state index contributed by atoms with van der Waals surface area (Å²) in [5.74, 6) is 1.38. The summed E-state index contributed by atoms with van der Waals surface area (Å²) in [5.41, 5.74) is 0.909. The molecule has 1 unspecified atom stereocenters. The molecule has 0 saturated carbocycles. The topological polar surface area (TPSA) is 72.7 Å². The molecule has 23 heavy (non-hydrogen) atoms. The summed E-state index contributed by atoms with van der Waals surface area (Å²) < 4.78 is 1.78. The average molecular weight is 354 g/mol. The Bertz CT molecular complexity index is 648. The van der Waals surface area contributed by atoms with Crippen molar-refractivity contribution in [2.75, 3.05) is 0 Å². The Hall–Kier alpha value is -1.60. The number of aryl methyl sites for hydroxylation is 1. The lowest BCUT2D eigenvalue weighted by molar-refractivity contribution is -0.120. The predicted molar refractivity (Wildman–Crippen MR) is 92.2 cm³/mol. The fourth-order valence-corrected chi connectivity index (χ4v) is 3.00. The van der Waals surface area contributed by atoms with Gasteiger partial charge in [-0.25, -0.2) is 4.68 Å². The zero-order valence-electron chi connectivity index (χ0n) is 13.2. The Morgan fingerprint density at radius 1 is 1.43 bits per heavy atom. The summed E-state index contributed by atoms with van der Waals surface area (Å²) >= 11 is 7.59. The number of nitrogens with one attached hydrogen (secondary N) is 1. The first-order chi connectivity index (χ1) is 11.1. The lowest BCUT2D eigenvalue weighted by Gasteiger charge is -2.12. The maximum Gasteiger partial charge on any atom is 0.233 e. The van der Waals surface area contributed by atoms with Crippen LogP contribution in [0.4, 0.5) is 0 Å². The van der Waals surface area contributed by atoms with Crippen molar-refractivity contribution in [2.24, 2.45) is 0 Å². The molecule has 2 rings (SSSR count). The highest BCUT2D eigenvalue weighted by atomic mass is 35.5. The number of hydrogen-bond donors (Lipinski definition) is 1. The van der Waals surface area contributed by atoms with Gasteiger partial charge in [0.1, 0.15) is 0 Å². The number of thioether (sulfide) groups is 1. The van der Waals surface area contributed by atoms with Gasteiger partial charge in [0, 0.05) is 18.1 Å². The summed E-state index contributed by atoms with van der Waals surface area (Å²) in [6.45, 7) is 5.16. The molecule has 6 nitrogen and oxygen atoms in total. The standard InChI is InChI=1S/C15H20ClN5OS/c1-3-8-21-14(18-19-20-21)10-23-11(2)15(22)17-9-12-6-4-5-7-13(12)16/h4-7,11H,3,8-10H2,1-2H3,(H,17,22). The van der Waals surface area contributed by atoms with Gasteiger partial charge < -0.3 is 5.32 Å². The molecule has 124 valence electrons. The fraction of sp³-hybridized carbons (Fsp3) is 0.467. The minimum absolute atomic E-state index is 0.0237. The Balaban J connectivity index is 1.81. The second-order valence-corrected chi connectivity index (χ2v) is 6.82. The average Bonchev–Trinajstić information content (AvgIpc) is 2.99. The molecule has 1 heterocycles. The summed E-state index contributed by atoms with van der Waals surface area (Å²) in [7, 11) is 0. The Morgan fingerprint density at radius 2 is 2.22 bits per heavy atom. The molecule has 2 aromatic rings. The van der Waals surface area contributed by atoms with Crippen molar-refractivity contribution in [2.45, 2.75) is 44.4 Å². The number of tetrazole rings is 1. The van der Waals surface area contributed by atoms with E-state index in [4.69, 9.17) is 11.6 Å². The number of halogens is 1. The second-order valence-electron chi connectivity index (χ2n) is 5.08. The fourth-order valence-electron chi connectivity index (χ4n) is 1.96. The molecule has 0 radical (unpaired) electrons. The Morgan fingerprint density at radius 3 is 2.96 bits per heavy atom. The molecule has 1 aromatic heterocycles. The number of carbonyl (C=O) groups is 1. The number of aromatic nitrogens is 4. The first-order valence-corrected chi connectivity index (χ1v) is 8.92. The van der Waals surface area contributed by atoms with E-state index in [0.717, 1.165) is 24.4 Å². The van der Waals surface area contributed by atoms with Crippen molar-refractivity contribution in [3.63, 3.8) is 0 Å². The zero-order chi connectivity index (χ0) is 16.7. The van der Waals surface area contributed by atoms with Gasteiger partial charge in [0.05, 0.1) is 11.0 Å². The minimum Gasteiger partial charge on any atom is -0.351 e. The molecule has 1 N–H and O–H groups in total. The number of benzene rings is 1. The van der Waals surface area contributed by atoms with Gasteiger partial charge in [0.15, 0.2) is 5.82 Å². The van der Waals surface area contributed by atoms with Crippen LogP contribution >= 0.6 is 23.4 Å². The van der Waals surface area contributed by atoms with E-state index >= 15 is 0 Å². The Labute approximate surface area is 145 Å². The molecule has 0 bridgehead atoms. The molecular weight excluding hydrogens is 334 g/mol. The molecule has 0 aliphatic carbocycles. The Kier molecular flexibility index (Phi) is 6.85. The summed E-state index contributed by atoms with van der Waals surface area (Å²) in [5, 5.41) is 15.0. The van der Waals surface area contributed by atoms with E-state index in [1.807, 2.05) is 31.2 Å². The summed E-state index contributed by atoms with van der Waals surface area (Å²) in [4.78, 5) is 12.2. The number of hydrogen-bond acceptors (Lipinski definition) is 5. The normalized spacial score (nSPS) is 12.1. The molecule has 0 aliphatic heterocycles. The first kappa shape index (κ1) is 17.7. The third kappa shape index (κ3) is 5.21. The molecule has 8 heteroatoms. The van der Waals surface area contributed by atoms with Gasteiger partial charge in [0.2, 0.25) is 5.91 Å². The molecule has 1 aromatic carbocycles. The molecule has 0 saturated heterocycles. The van der Waals surface area contributed by atoms with Gasteiger partial charge in [-0.1, -0.05) is 36.7 Å². The molecular formula is C15H20ClN5OS. The van der Waals surface area contributed by atoms with Crippen LogP contribution < -0.4 is 5.32 Å². The van der Waals surface area contributed by atoms with E-state index in [0.29, 0.717) is 17.3 Å². The third-order valence-corrected chi connectivity index (χ3v) is 4.79. The van der Waals surface area contributed by atoms with Crippen molar-refractivity contribution in [1.82, 2.24) is 25.5 Å². The van der Waals surface area contributed by atoms with Crippen LogP contribution in [0.3, 0.4) is 0 Å². The number of amides is 1. The van der Waals surface area contributed by atoms with Crippen molar-refractivity contribution < 1.29 is 4.79 Å². The van der Waals surface area contributed by atoms with Crippen LogP contribution in [0.1, 0.15) is 31.7 Å². The highest BCUT2D eigenvalue weighted by molar-refractivity contribution is 7.99. The summed E-state index contributed by atoms with van der Waals surface area (Å²) in [6, 6.07) is 7.49.